The first-order chi connectivity index (χ1) is 13.6. The second-order valence-corrected chi connectivity index (χ2v) is 6.59. The summed E-state index contributed by atoms with van der Waals surface area (Å²) < 4.78 is 2.54. The fourth-order valence-corrected chi connectivity index (χ4v) is 3.03. The summed E-state index contributed by atoms with van der Waals surface area (Å²) in [6.45, 7) is 0.0893. The third kappa shape index (κ3) is 3.65. The SMILES string of the molecule is O=C(Cn1ncn2nc(-c3ccccc3)cc2c1=O)NCc1ccccc1Cl. The van der Waals surface area contributed by atoms with Crippen LogP contribution in [-0.4, -0.2) is 25.3 Å². The van der Waals surface area contributed by atoms with Gasteiger partial charge in [-0.3, -0.25) is 9.59 Å². The second kappa shape index (κ2) is 7.66. The summed E-state index contributed by atoms with van der Waals surface area (Å²) >= 11 is 6.08. The van der Waals surface area contributed by atoms with Crippen LogP contribution in [0.3, 0.4) is 0 Å². The van der Waals surface area contributed by atoms with Gasteiger partial charge in [-0.15, -0.1) is 0 Å². The van der Waals surface area contributed by atoms with Gasteiger partial charge in [0.25, 0.3) is 5.56 Å². The monoisotopic (exact) mass is 393 g/mol. The molecule has 4 aromatic rings. The van der Waals surface area contributed by atoms with Crippen molar-refractivity contribution in [2.75, 3.05) is 0 Å². The van der Waals surface area contributed by atoms with Crippen LogP contribution in [-0.2, 0) is 17.9 Å². The van der Waals surface area contributed by atoms with E-state index < -0.39 is 0 Å². The summed E-state index contributed by atoms with van der Waals surface area (Å²) in [6.07, 6.45) is 1.42. The van der Waals surface area contributed by atoms with E-state index in [0.717, 1.165) is 15.8 Å². The summed E-state index contributed by atoms with van der Waals surface area (Å²) in [5, 5.41) is 11.7. The van der Waals surface area contributed by atoms with Gasteiger partial charge in [0.2, 0.25) is 5.91 Å². The number of nitrogens with one attached hydrogen (secondary N) is 1. The highest BCUT2D eigenvalue weighted by molar-refractivity contribution is 6.31. The highest BCUT2D eigenvalue weighted by Gasteiger charge is 2.12. The van der Waals surface area contributed by atoms with E-state index in [0.29, 0.717) is 16.2 Å². The van der Waals surface area contributed by atoms with Gasteiger partial charge in [0.15, 0.2) is 0 Å². The first kappa shape index (κ1) is 17.9. The normalized spacial score (nSPS) is 10.9. The molecule has 140 valence electrons. The summed E-state index contributed by atoms with van der Waals surface area (Å²) in [5.41, 5.74) is 2.34. The number of aromatic nitrogens is 4. The van der Waals surface area contributed by atoms with Gasteiger partial charge in [-0.1, -0.05) is 60.1 Å². The molecule has 0 aliphatic carbocycles. The molecule has 0 bridgehead atoms. The molecular weight excluding hydrogens is 378 g/mol. The first-order valence-corrected chi connectivity index (χ1v) is 9.00. The Morgan fingerprint density at radius 1 is 1.07 bits per heavy atom. The van der Waals surface area contributed by atoms with Crippen molar-refractivity contribution in [1.82, 2.24) is 24.7 Å². The van der Waals surface area contributed by atoms with Crippen molar-refractivity contribution in [3.8, 4) is 11.3 Å². The molecule has 1 N–H and O–H groups in total. The van der Waals surface area contributed by atoms with Crippen LogP contribution in [0.4, 0.5) is 0 Å². The molecule has 28 heavy (non-hydrogen) atoms. The zero-order chi connectivity index (χ0) is 19.5. The molecule has 0 saturated heterocycles. The number of benzene rings is 2. The Hall–Kier alpha value is -3.45. The molecular formula is C20H16ClN5O2. The fraction of sp³-hybridized carbons (Fsp3) is 0.100. The number of fused-ring (bicyclic) bond motifs is 1. The van der Waals surface area contributed by atoms with E-state index in [1.54, 1.807) is 12.1 Å². The summed E-state index contributed by atoms with van der Waals surface area (Å²) in [4.78, 5) is 24.9. The highest BCUT2D eigenvalue weighted by Crippen LogP contribution is 2.17. The van der Waals surface area contributed by atoms with E-state index in [4.69, 9.17) is 11.6 Å². The van der Waals surface area contributed by atoms with Crippen molar-refractivity contribution in [3.63, 3.8) is 0 Å². The molecule has 0 unspecified atom stereocenters. The summed E-state index contributed by atoms with van der Waals surface area (Å²) in [6, 6.07) is 18.5. The number of carbonyl (C=O) groups is 1. The Balaban J connectivity index is 1.52. The minimum absolute atomic E-state index is 0.189. The van der Waals surface area contributed by atoms with E-state index in [9.17, 15) is 9.59 Å². The van der Waals surface area contributed by atoms with Crippen LogP contribution in [0, 0.1) is 0 Å². The molecule has 4 rings (SSSR count). The zero-order valence-corrected chi connectivity index (χ0v) is 15.5. The van der Waals surface area contributed by atoms with Crippen LogP contribution in [0.2, 0.25) is 5.02 Å². The molecule has 2 aromatic heterocycles. The Morgan fingerprint density at radius 2 is 1.82 bits per heavy atom. The molecule has 2 aromatic carbocycles. The van der Waals surface area contributed by atoms with Gasteiger partial charge < -0.3 is 5.32 Å². The van der Waals surface area contributed by atoms with E-state index in [1.165, 1.54) is 10.8 Å². The van der Waals surface area contributed by atoms with Crippen molar-refractivity contribution in [2.45, 2.75) is 13.1 Å². The number of carbonyl (C=O) groups excluding carboxylic acids is 1. The Bertz CT molecular complexity index is 1200. The average molecular weight is 394 g/mol. The fourth-order valence-electron chi connectivity index (χ4n) is 2.83. The molecule has 8 heteroatoms. The maximum atomic E-state index is 12.7. The average Bonchev–Trinajstić information content (AvgIpc) is 3.15. The van der Waals surface area contributed by atoms with E-state index in [2.05, 4.69) is 15.5 Å². The summed E-state index contributed by atoms with van der Waals surface area (Å²) in [5.74, 6) is -0.332. The quantitative estimate of drug-likeness (QED) is 0.565. The Kier molecular flexibility index (Phi) is 4.90. The third-order valence-electron chi connectivity index (χ3n) is 4.29. The van der Waals surface area contributed by atoms with Gasteiger partial charge in [0.05, 0.1) is 5.69 Å². The number of nitrogens with zero attached hydrogens (tertiary/aromatic N) is 4. The molecule has 0 atom stereocenters. The van der Waals surface area contributed by atoms with Crippen molar-refractivity contribution < 1.29 is 4.79 Å². The van der Waals surface area contributed by atoms with Crippen LogP contribution in [0.5, 0.6) is 0 Å². The van der Waals surface area contributed by atoms with Crippen molar-refractivity contribution in [1.29, 1.82) is 0 Å². The number of amides is 1. The lowest BCUT2D eigenvalue weighted by Gasteiger charge is -2.08. The number of hydrogen-bond acceptors (Lipinski definition) is 4. The molecule has 7 nitrogen and oxygen atoms in total. The van der Waals surface area contributed by atoms with Gasteiger partial charge in [-0.05, 0) is 17.7 Å². The predicted octanol–water partition coefficient (Wildman–Crippen LogP) is 2.53. The molecule has 0 radical (unpaired) electrons. The van der Waals surface area contributed by atoms with Gasteiger partial charge in [-0.2, -0.15) is 10.2 Å². The lowest BCUT2D eigenvalue weighted by molar-refractivity contribution is -0.122. The van der Waals surface area contributed by atoms with Crippen molar-refractivity contribution >= 4 is 23.0 Å². The predicted molar refractivity (Wildman–Crippen MR) is 106 cm³/mol. The Morgan fingerprint density at radius 3 is 2.61 bits per heavy atom. The molecule has 0 fully saturated rings. The standard InChI is InChI=1S/C20H16ClN5O2/c21-16-9-5-4-8-15(16)11-22-19(27)12-25-20(28)18-10-17(24-26(18)13-23-25)14-6-2-1-3-7-14/h1-10,13H,11-12H2,(H,22,27). The third-order valence-corrected chi connectivity index (χ3v) is 4.66. The first-order valence-electron chi connectivity index (χ1n) is 8.63. The number of halogens is 1. The molecule has 1 amide bonds. The molecule has 0 spiro atoms. The smallest absolute Gasteiger partial charge is 0.293 e. The van der Waals surface area contributed by atoms with E-state index in [-0.39, 0.29) is 24.6 Å². The van der Waals surface area contributed by atoms with Crippen molar-refractivity contribution in [3.05, 3.63) is 87.9 Å². The molecule has 0 aliphatic rings. The molecule has 0 aliphatic heterocycles. The Labute approximate surface area is 165 Å². The van der Waals surface area contributed by atoms with Crippen LogP contribution in [0.1, 0.15) is 5.56 Å². The lowest BCUT2D eigenvalue weighted by Crippen LogP contribution is -2.34. The van der Waals surface area contributed by atoms with Gasteiger partial charge in [0, 0.05) is 17.1 Å². The largest absolute Gasteiger partial charge is 0.350 e. The topological polar surface area (TPSA) is 81.3 Å². The van der Waals surface area contributed by atoms with Crippen LogP contribution in [0.15, 0.2) is 71.8 Å². The van der Waals surface area contributed by atoms with Crippen LogP contribution >= 0.6 is 11.6 Å². The number of hydrogen-bond donors (Lipinski definition) is 1. The maximum absolute atomic E-state index is 12.7. The minimum Gasteiger partial charge on any atom is -0.350 e. The molecule has 2 heterocycles. The van der Waals surface area contributed by atoms with E-state index in [1.807, 2.05) is 48.5 Å². The van der Waals surface area contributed by atoms with Crippen LogP contribution in [0.25, 0.3) is 16.8 Å². The highest BCUT2D eigenvalue weighted by atomic mass is 35.5. The van der Waals surface area contributed by atoms with Gasteiger partial charge in [0.1, 0.15) is 18.4 Å². The maximum Gasteiger partial charge on any atom is 0.293 e. The number of rotatable bonds is 5. The molecule has 0 saturated carbocycles. The van der Waals surface area contributed by atoms with Gasteiger partial charge >= 0.3 is 0 Å². The minimum atomic E-state index is -0.384. The van der Waals surface area contributed by atoms with Crippen LogP contribution < -0.4 is 10.9 Å². The van der Waals surface area contributed by atoms with Gasteiger partial charge in [-0.25, -0.2) is 9.20 Å². The summed E-state index contributed by atoms with van der Waals surface area (Å²) in [7, 11) is 0. The van der Waals surface area contributed by atoms with E-state index >= 15 is 0 Å². The lowest BCUT2D eigenvalue weighted by atomic mass is 10.1. The second-order valence-electron chi connectivity index (χ2n) is 6.19. The zero-order valence-electron chi connectivity index (χ0n) is 14.7. The van der Waals surface area contributed by atoms with Crippen molar-refractivity contribution in [2.24, 2.45) is 0 Å².